The van der Waals surface area contributed by atoms with Crippen LogP contribution < -0.4 is 10.2 Å². The van der Waals surface area contributed by atoms with Gasteiger partial charge in [-0.3, -0.25) is 14.4 Å². The molecule has 1 aliphatic heterocycles. The number of alkyl halides is 1. The lowest BCUT2D eigenvalue weighted by Gasteiger charge is -2.51. The molecular formula is C33H23BrN2O5. The average molecular weight is 607 g/mol. The fraction of sp³-hybridized carbons (Fsp3) is 0.152. The number of imide groups is 1. The SMILES string of the molecule is Cc1ccc(C(=O)O)c(NC(=O)c2ccc(N3C(=O)[C@@H]4C5c6ccccc6C(Br)(c6ccccc65)[C@H]4C3=O)cc2)c1. The van der Waals surface area contributed by atoms with Crippen LogP contribution in [0, 0.1) is 18.8 Å². The number of benzene rings is 4. The van der Waals surface area contributed by atoms with E-state index in [0.29, 0.717) is 5.69 Å². The first kappa shape index (κ1) is 25.4. The standard InChI is InChI=1S/C33H23BrN2O5/c1-17-10-15-22(32(40)41)25(16-17)35-29(37)18-11-13-19(14-12-18)36-30(38)27-26-20-6-2-4-8-23(20)33(34,28(27)31(36)39)24-9-5-3-7-21(24)26/h2-16,26-28H,1H3,(H,35,37)(H,40,41)/t26?,27-,28-,33?/m1/s1. The van der Waals surface area contributed by atoms with E-state index in [1.807, 2.05) is 48.5 Å². The van der Waals surface area contributed by atoms with Crippen LogP contribution in [-0.4, -0.2) is 28.8 Å². The average Bonchev–Trinajstić information content (AvgIpc) is 3.24. The van der Waals surface area contributed by atoms with Crippen LogP contribution in [0.25, 0.3) is 0 Å². The Hall–Kier alpha value is -4.56. The largest absolute Gasteiger partial charge is 0.478 e. The molecule has 4 aromatic carbocycles. The summed E-state index contributed by atoms with van der Waals surface area (Å²) in [4.78, 5) is 54.0. The molecule has 0 saturated carbocycles. The van der Waals surface area contributed by atoms with Gasteiger partial charge in [0.2, 0.25) is 11.8 Å². The number of rotatable bonds is 4. The number of carboxylic acid groups (broad SMARTS) is 1. The molecule has 41 heavy (non-hydrogen) atoms. The van der Waals surface area contributed by atoms with Crippen molar-refractivity contribution in [3.05, 3.63) is 130 Å². The number of aromatic carboxylic acids is 1. The van der Waals surface area contributed by atoms with Crippen LogP contribution in [0.4, 0.5) is 11.4 Å². The van der Waals surface area contributed by atoms with Gasteiger partial charge in [0.05, 0.1) is 33.1 Å². The fourth-order valence-electron chi connectivity index (χ4n) is 6.84. The molecule has 2 bridgehead atoms. The van der Waals surface area contributed by atoms with E-state index in [9.17, 15) is 24.3 Å². The molecule has 3 aliphatic carbocycles. The van der Waals surface area contributed by atoms with Gasteiger partial charge < -0.3 is 10.4 Å². The summed E-state index contributed by atoms with van der Waals surface area (Å²) in [6.45, 7) is 1.80. The zero-order valence-electron chi connectivity index (χ0n) is 21.8. The number of nitrogens with one attached hydrogen (secondary N) is 1. The predicted molar refractivity (Wildman–Crippen MR) is 156 cm³/mol. The molecule has 4 aliphatic rings. The first-order chi connectivity index (χ1) is 19.7. The lowest BCUT2D eigenvalue weighted by atomic mass is 9.55. The van der Waals surface area contributed by atoms with E-state index in [1.165, 1.54) is 23.1 Å². The number of aryl methyl sites for hydroxylation is 1. The van der Waals surface area contributed by atoms with Gasteiger partial charge in [-0.05, 0) is 71.1 Å². The van der Waals surface area contributed by atoms with Crippen LogP contribution in [0.1, 0.15) is 54.5 Å². The van der Waals surface area contributed by atoms with Crippen molar-refractivity contribution in [1.82, 2.24) is 0 Å². The van der Waals surface area contributed by atoms with Crippen molar-refractivity contribution in [2.45, 2.75) is 17.2 Å². The molecule has 1 heterocycles. The Kier molecular flexibility index (Phi) is 5.56. The van der Waals surface area contributed by atoms with Crippen molar-refractivity contribution in [3.8, 4) is 0 Å². The van der Waals surface area contributed by atoms with Gasteiger partial charge in [0.1, 0.15) is 0 Å². The molecule has 2 N–H and O–H groups in total. The first-order valence-electron chi connectivity index (χ1n) is 13.2. The first-order valence-corrected chi connectivity index (χ1v) is 14.0. The number of amides is 3. The molecule has 1 saturated heterocycles. The van der Waals surface area contributed by atoms with Crippen LogP contribution in [0.3, 0.4) is 0 Å². The lowest BCUT2D eigenvalue weighted by molar-refractivity contribution is -0.122. The van der Waals surface area contributed by atoms with Gasteiger partial charge in [-0.25, -0.2) is 9.69 Å². The number of carboxylic acids is 1. The molecular weight excluding hydrogens is 584 g/mol. The fourth-order valence-corrected chi connectivity index (χ4v) is 8.04. The molecule has 4 aromatic rings. The predicted octanol–water partition coefficient (Wildman–Crippen LogP) is 5.85. The van der Waals surface area contributed by atoms with Gasteiger partial charge in [0.25, 0.3) is 5.91 Å². The highest BCUT2D eigenvalue weighted by Gasteiger charge is 2.67. The summed E-state index contributed by atoms with van der Waals surface area (Å²) >= 11 is 3.99. The summed E-state index contributed by atoms with van der Waals surface area (Å²) in [6, 6.07) is 26.9. The van der Waals surface area contributed by atoms with Gasteiger partial charge in [-0.2, -0.15) is 0 Å². The number of hydrogen-bond donors (Lipinski definition) is 2. The van der Waals surface area contributed by atoms with Crippen LogP contribution in [0.5, 0.6) is 0 Å². The second-order valence-corrected chi connectivity index (χ2v) is 12.0. The van der Waals surface area contributed by atoms with Crippen molar-refractivity contribution in [1.29, 1.82) is 0 Å². The Balaban J connectivity index is 1.23. The molecule has 7 nitrogen and oxygen atoms in total. The summed E-state index contributed by atoms with van der Waals surface area (Å²) in [6.07, 6.45) is 0. The Morgan fingerprint density at radius 1 is 0.854 bits per heavy atom. The third kappa shape index (κ3) is 3.50. The maximum absolute atomic E-state index is 14.1. The summed E-state index contributed by atoms with van der Waals surface area (Å²) < 4.78 is -0.837. The minimum atomic E-state index is -1.15. The number of halogens is 1. The smallest absolute Gasteiger partial charge is 0.337 e. The number of carbonyl (C=O) groups excluding carboxylic acids is 3. The molecule has 0 spiro atoms. The third-order valence-corrected chi connectivity index (χ3v) is 9.90. The van der Waals surface area contributed by atoms with Gasteiger partial charge in [-0.15, -0.1) is 0 Å². The van der Waals surface area contributed by atoms with Gasteiger partial charge in [0, 0.05) is 11.5 Å². The highest BCUT2D eigenvalue weighted by atomic mass is 79.9. The van der Waals surface area contributed by atoms with Crippen LogP contribution in [0.2, 0.25) is 0 Å². The number of anilines is 2. The van der Waals surface area contributed by atoms with E-state index in [0.717, 1.165) is 27.8 Å². The molecule has 2 atom stereocenters. The van der Waals surface area contributed by atoms with Crippen molar-refractivity contribution in [3.63, 3.8) is 0 Å². The Bertz CT molecular complexity index is 1770. The molecule has 0 aromatic heterocycles. The summed E-state index contributed by atoms with van der Waals surface area (Å²) in [5, 5.41) is 12.2. The Morgan fingerprint density at radius 3 is 2.07 bits per heavy atom. The van der Waals surface area contributed by atoms with Crippen LogP contribution in [-0.2, 0) is 13.9 Å². The monoisotopic (exact) mass is 606 g/mol. The van der Waals surface area contributed by atoms with E-state index in [4.69, 9.17) is 0 Å². The van der Waals surface area contributed by atoms with Crippen molar-refractivity contribution < 1.29 is 24.3 Å². The van der Waals surface area contributed by atoms with Crippen molar-refractivity contribution >= 4 is 51.0 Å². The Labute approximate surface area is 243 Å². The molecule has 202 valence electrons. The molecule has 0 radical (unpaired) electrons. The molecule has 1 fully saturated rings. The van der Waals surface area contributed by atoms with E-state index in [-0.39, 0.29) is 34.5 Å². The van der Waals surface area contributed by atoms with Gasteiger partial charge in [-0.1, -0.05) is 70.5 Å². The Morgan fingerprint density at radius 2 is 1.46 bits per heavy atom. The normalized spacial score (nSPS) is 23.6. The van der Waals surface area contributed by atoms with E-state index in [1.54, 1.807) is 31.2 Å². The second kappa shape index (κ2) is 8.97. The van der Waals surface area contributed by atoms with E-state index in [2.05, 4.69) is 21.2 Å². The van der Waals surface area contributed by atoms with Gasteiger partial charge in [0.15, 0.2) is 0 Å². The maximum atomic E-state index is 14.1. The number of carbonyl (C=O) groups is 4. The summed E-state index contributed by atoms with van der Waals surface area (Å²) in [5.74, 6) is -3.62. The minimum Gasteiger partial charge on any atom is -0.478 e. The zero-order chi connectivity index (χ0) is 28.6. The van der Waals surface area contributed by atoms with E-state index < -0.39 is 28.0 Å². The zero-order valence-corrected chi connectivity index (χ0v) is 23.4. The summed E-state index contributed by atoms with van der Waals surface area (Å²) in [5.41, 5.74) is 5.75. The summed E-state index contributed by atoms with van der Waals surface area (Å²) in [7, 11) is 0. The topological polar surface area (TPSA) is 104 Å². The number of hydrogen-bond acceptors (Lipinski definition) is 4. The molecule has 0 unspecified atom stereocenters. The van der Waals surface area contributed by atoms with Crippen LogP contribution >= 0.6 is 15.9 Å². The maximum Gasteiger partial charge on any atom is 0.337 e. The van der Waals surface area contributed by atoms with Crippen molar-refractivity contribution in [2.75, 3.05) is 10.2 Å². The van der Waals surface area contributed by atoms with Crippen LogP contribution in [0.15, 0.2) is 91.0 Å². The highest BCUT2D eigenvalue weighted by molar-refractivity contribution is 9.09. The van der Waals surface area contributed by atoms with Gasteiger partial charge >= 0.3 is 5.97 Å². The number of nitrogens with zero attached hydrogens (tertiary/aromatic N) is 1. The lowest BCUT2D eigenvalue weighted by Crippen LogP contribution is -2.50. The molecule has 8 rings (SSSR count). The van der Waals surface area contributed by atoms with E-state index >= 15 is 0 Å². The third-order valence-electron chi connectivity index (χ3n) is 8.56. The van der Waals surface area contributed by atoms with Crippen molar-refractivity contribution in [2.24, 2.45) is 11.8 Å². The molecule has 8 heteroatoms. The quantitative estimate of drug-likeness (QED) is 0.224. The minimum absolute atomic E-state index is 0.0169. The second-order valence-electron chi connectivity index (χ2n) is 10.7. The highest BCUT2D eigenvalue weighted by Crippen LogP contribution is 2.66. The molecule has 3 amide bonds.